The lowest BCUT2D eigenvalue weighted by Gasteiger charge is -2.38. The van der Waals surface area contributed by atoms with E-state index in [1.807, 2.05) is 0 Å². The minimum atomic E-state index is 0.113. The lowest BCUT2D eigenvalue weighted by molar-refractivity contribution is -0.702. The van der Waals surface area contributed by atoms with Crippen LogP contribution >= 0.6 is 0 Å². The molecule has 1 aliphatic carbocycles. The maximum Gasteiger partial charge on any atom is 0.139 e. The summed E-state index contributed by atoms with van der Waals surface area (Å²) in [6, 6.07) is 0. The van der Waals surface area contributed by atoms with Gasteiger partial charge in [0.05, 0.1) is 6.54 Å². The molecule has 25 heavy (non-hydrogen) atoms. The van der Waals surface area contributed by atoms with Gasteiger partial charge >= 0.3 is 0 Å². The lowest BCUT2D eigenvalue weighted by atomic mass is 9.69. The summed E-state index contributed by atoms with van der Waals surface area (Å²) in [5.74, 6) is 2.79. The van der Waals surface area contributed by atoms with E-state index < -0.39 is 0 Å². The molecule has 5 heteroatoms. The number of nitrogens with two attached hydrogens (primary N) is 1. The molecule has 0 aromatic heterocycles. The third kappa shape index (κ3) is 5.27. The quantitative estimate of drug-likeness (QED) is 0.550. The van der Waals surface area contributed by atoms with E-state index in [9.17, 15) is 0 Å². The number of hydrogen-bond donors (Lipinski definition) is 4. The number of hydrogen-bond acceptors (Lipinski definition) is 4. The fourth-order valence-electron chi connectivity index (χ4n) is 4.86. The van der Waals surface area contributed by atoms with Crippen LogP contribution in [0.2, 0.25) is 0 Å². The minimum absolute atomic E-state index is 0.113. The van der Waals surface area contributed by atoms with E-state index in [2.05, 4.69) is 55.3 Å². The smallest absolute Gasteiger partial charge is 0.139 e. The Bertz CT molecular complexity index is 447. The third-order valence-electron chi connectivity index (χ3n) is 6.43. The minimum Gasteiger partial charge on any atom is -0.343 e. The molecule has 2 fully saturated rings. The van der Waals surface area contributed by atoms with E-state index in [4.69, 9.17) is 4.74 Å². The molecule has 2 saturated heterocycles. The van der Waals surface area contributed by atoms with Crippen molar-refractivity contribution in [3.8, 4) is 0 Å². The summed E-state index contributed by atoms with van der Waals surface area (Å²) in [7, 11) is 0. The van der Waals surface area contributed by atoms with Crippen LogP contribution < -0.4 is 21.5 Å². The second kappa shape index (κ2) is 8.96. The summed E-state index contributed by atoms with van der Waals surface area (Å²) < 4.78 is 5.90. The highest BCUT2D eigenvalue weighted by Crippen LogP contribution is 2.39. The Morgan fingerprint density at radius 2 is 2.16 bits per heavy atom. The largest absolute Gasteiger partial charge is 0.343 e. The van der Waals surface area contributed by atoms with Crippen LogP contribution in [0.5, 0.6) is 0 Å². The van der Waals surface area contributed by atoms with E-state index in [1.165, 1.54) is 32.2 Å². The monoisotopic (exact) mass is 351 g/mol. The molecule has 0 saturated carbocycles. The first-order chi connectivity index (χ1) is 12.0. The zero-order chi connectivity index (χ0) is 17.8. The molecule has 6 atom stereocenters. The van der Waals surface area contributed by atoms with Crippen molar-refractivity contribution in [2.24, 2.45) is 23.7 Å². The van der Waals surface area contributed by atoms with Crippen molar-refractivity contribution in [2.45, 2.75) is 78.4 Å². The molecule has 0 amide bonds. The molecular weight excluding hydrogens is 312 g/mol. The van der Waals surface area contributed by atoms with Gasteiger partial charge in [0, 0.05) is 13.0 Å². The van der Waals surface area contributed by atoms with Crippen LogP contribution in [0.3, 0.4) is 0 Å². The predicted molar refractivity (Wildman–Crippen MR) is 101 cm³/mol. The van der Waals surface area contributed by atoms with Gasteiger partial charge in [0.1, 0.15) is 18.6 Å². The first-order valence-electron chi connectivity index (χ1n) is 10.4. The fourth-order valence-corrected chi connectivity index (χ4v) is 4.86. The molecule has 3 aliphatic rings. The van der Waals surface area contributed by atoms with Crippen molar-refractivity contribution in [1.29, 1.82) is 0 Å². The van der Waals surface area contributed by atoms with Gasteiger partial charge in [0.2, 0.25) is 0 Å². The number of nitrogens with one attached hydrogen (secondary N) is 3. The molecule has 0 aromatic rings. The normalized spacial score (nSPS) is 39.6. The summed E-state index contributed by atoms with van der Waals surface area (Å²) in [4.78, 5) is 0. The second-order valence-corrected chi connectivity index (χ2v) is 8.74. The number of ether oxygens (including phenoxy) is 1. The van der Waals surface area contributed by atoms with Gasteiger partial charge in [-0.05, 0) is 63.2 Å². The summed E-state index contributed by atoms with van der Waals surface area (Å²) in [6.07, 6.45) is 9.89. The van der Waals surface area contributed by atoms with Gasteiger partial charge in [-0.3, -0.25) is 5.32 Å². The van der Waals surface area contributed by atoms with Crippen LogP contribution in [-0.2, 0) is 4.74 Å². The van der Waals surface area contributed by atoms with E-state index in [0.29, 0.717) is 18.0 Å². The van der Waals surface area contributed by atoms with Crippen molar-refractivity contribution in [3.63, 3.8) is 0 Å². The Morgan fingerprint density at radius 1 is 1.32 bits per heavy atom. The highest BCUT2D eigenvalue weighted by Gasteiger charge is 2.34. The van der Waals surface area contributed by atoms with Crippen molar-refractivity contribution >= 4 is 0 Å². The topological polar surface area (TPSA) is 61.9 Å². The summed E-state index contributed by atoms with van der Waals surface area (Å²) >= 11 is 0. The number of piperidine rings is 1. The number of rotatable bonds is 6. The van der Waals surface area contributed by atoms with Crippen LogP contribution in [0.4, 0.5) is 0 Å². The van der Waals surface area contributed by atoms with Crippen LogP contribution in [0.1, 0.15) is 59.8 Å². The van der Waals surface area contributed by atoms with Gasteiger partial charge in [-0.1, -0.05) is 25.5 Å². The Hall–Kier alpha value is -0.460. The zero-order valence-electron chi connectivity index (χ0n) is 16.6. The van der Waals surface area contributed by atoms with Crippen LogP contribution in [0.25, 0.3) is 0 Å². The Morgan fingerprint density at radius 3 is 2.80 bits per heavy atom. The second-order valence-electron chi connectivity index (χ2n) is 8.74. The highest BCUT2D eigenvalue weighted by atomic mass is 16.5. The molecule has 0 bridgehead atoms. The predicted octanol–water partition coefficient (Wildman–Crippen LogP) is 1.69. The van der Waals surface area contributed by atoms with Gasteiger partial charge < -0.3 is 10.1 Å². The molecule has 3 rings (SSSR count). The molecule has 0 radical (unpaired) electrons. The molecule has 2 aliphatic heterocycles. The van der Waals surface area contributed by atoms with E-state index in [1.54, 1.807) is 5.57 Å². The molecule has 5 N–H and O–H groups in total. The van der Waals surface area contributed by atoms with Gasteiger partial charge in [0.15, 0.2) is 0 Å². The third-order valence-corrected chi connectivity index (χ3v) is 6.43. The number of quaternary nitrogens is 1. The van der Waals surface area contributed by atoms with Gasteiger partial charge in [-0.2, -0.15) is 0 Å². The Labute approximate surface area is 153 Å². The van der Waals surface area contributed by atoms with Crippen molar-refractivity contribution in [2.75, 3.05) is 13.1 Å². The Balaban J connectivity index is 1.58. The lowest BCUT2D eigenvalue weighted by Crippen LogP contribution is -2.94. The maximum absolute atomic E-state index is 5.90. The SMILES string of the molecule is CC1=C[C@@H](CNC2CCCC[NH2+]2)[C@H](C(C)C)C[C@@H]1CC1NNC(C)O1. The standard InChI is InChI=1S/C20H38N4O/c1-13(2)18-10-16(11-20-24-23-15(4)25-20)14(3)9-17(18)12-22-19-7-5-6-8-21-19/h9,13,15-24H,5-8,10-12H2,1-4H3/p+1/t15?,16-,17+,18+,19?,20?/m1/s1. The molecule has 2 heterocycles. The van der Waals surface area contributed by atoms with Crippen LogP contribution in [0.15, 0.2) is 11.6 Å². The molecule has 144 valence electrons. The average molecular weight is 352 g/mol. The Kier molecular flexibility index (Phi) is 6.92. The molecule has 0 spiro atoms. The zero-order valence-corrected chi connectivity index (χ0v) is 16.6. The van der Waals surface area contributed by atoms with E-state index in [0.717, 1.165) is 24.8 Å². The molecule has 0 aromatic carbocycles. The highest BCUT2D eigenvalue weighted by molar-refractivity contribution is 5.13. The first kappa shape index (κ1) is 19.3. The summed E-state index contributed by atoms with van der Waals surface area (Å²) in [6.45, 7) is 11.6. The molecule has 3 unspecified atom stereocenters. The average Bonchev–Trinajstić information content (AvgIpc) is 3.00. The van der Waals surface area contributed by atoms with E-state index >= 15 is 0 Å². The summed E-state index contributed by atoms with van der Waals surface area (Å²) in [5, 5.41) is 6.34. The maximum atomic E-state index is 5.90. The van der Waals surface area contributed by atoms with Gasteiger partial charge in [-0.25, -0.2) is 10.9 Å². The number of allylic oxidation sites excluding steroid dienone is 1. The van der Waals surface area contributed by atoms with Crippen molar-refractivity contribution in [1.82, 2.24) is 16.2 Å². The first-order valence-corrected chi connectivity index (χ1v) is 10.4. The molecule has 5 nitrogen and oxygen atoms in total. The van der Waals surface area contributed by atoms with Crippen molar-refractivity contribution in [3.05, 3.63) is 11.6 Å². The fraction of sp³-hybridized carbons (Fsp3) is 0.900. The van der Waals surface area contributed by atoms with Gasteiger partial charge in [-0.15, -0.1) is 0 Å². The summed E-state index contributed by atoms with van der Waals surface area (Å²) in [5.41, 5.74) is 8.01. The van der Waals surface area contributed by atoms with Crippen LogP contribution in [0, 0.1) is 23.7 Å². The van der Waals surface area contributed by atoms with Crippen LogP contribution in [-0.4, -0.2) is 31.7 Å². The van der Waals surface area contributed by atoms with E-state index in [-0.39, 0.29) is 12.5 Å². The molecular formula is C20H39N4O+. The van der Waals surface area contributed by atoms with Gasteiger partial charge in [0.25, 0.3) is 0 Å². The van der Waals surface area contributed by atoms with Crippen molar-refractivity contribution < 1.29 is 10.1 Å². The number of hydrazine groups is 1.